The Morgan fingerprint density at radius 3 is 2.20 bits per heavy atom. The molecule has 0 saturated heterocycles. The Morgan fingerprint density at radius 2 is 2.20 bits per heavy atom. The van der Waals surface area contributed by atoms with Crippen LogP contribution in [0.25, 0.3) is 0 Å². The zero-order valence-corrected chi connectivity index (χ0v) is 7.67. The Morgan fingerprint density at radius 1 is 1.60 bits per heavy atom. The van der Waals surface area contributed by atoms with Gasteiger partial charge in [0.1, 0.15) is 0 Å². The summed E-state index contributed by atoms with van der Waals surface area (Å²) in [6, 6.07) is 0. The van der Waals surface area contributed by atoms with Crippen molar-refractivity contribution in [1.29, 1.82) is 0 Å². The molecule has 0 fully saturated rings. The number of hydrogen-bond acceptors (Lipinski definition) is 3. The van der Waals surface area contributed by atoms with Crippen LogP contribution < -0.4 is 0 Å². The largest absolute Gasteiger partial charge is 0.122 e. The molecule has 0 aromatic rings. The highest BCUT2D eigenvalue weighted by Gasteiger charge is 1.68. The highest BCUT2D eigenvalue weighted by atomic mass is 33.5. The van der Waals surface area contributed by atoms with Crippen LogP contribution in [0.4, 0.5) is 0 Å². The molecule has 0 aliphatic rings. The lowest BCUT2D eigenvalue weighted by atomic mass is 12.0. The summed E-state index contributed by atoms with van der Waals surface area (Å²) >= 11 is 0. The molecule has 0 atom stereocenters. The van der Waals surface area contributed by atoms with Gasteiger partial charge in [-0.25, -0.2) is 0 Å². The quantitative estimate of drug-likeness (QED) is 0.416. The third kappa shape index (κ3) is 5.27. The third-order valence-corrected chi connectivity index (χ3v) is 7.35. The molecule has 0 aliphatic heterocycles. The van der Waals surface area contributed by atoms with E-state index in [0.717, 1.165) is 0 Å². The Labute approximate surface area is 46.7 Å². The molecule has 0 aliphatic carbocycles. The average Bonchev–Trinajstić information content (AvgIpc) is 1.41. The van der Waals surface area contributed by atoms with Crippen molar-refractivity contribution in [2.45, 2.75) is 0 Å². The van der Waals surface area contributed by atoms with E-state index in [1.165, 1.54) is 9.39 Å². The minimum atomic E-state index is 1.26. The van der Waals surface area contributed by atoms with Gasteiger partial charge in [0.25, 0.3) is 0 Å². The molecule has 0 radical (unpaired) electrons. The second-order valence-electron chi connectivity index (χ2n) is 0.401. The van der Waals surface area contributed by atoms with Crippen LogP contribution >= 0.6 is 30.9 Å². The second-order valence-corrected chi connectivity index (χ2v) is 7.84. The van der Waals surface area contributed by atoms with Crippen molar-refractivity contribution in [3.8, 4) is 0 Å². The lowest BCUT2D eigenvalue weighted by Gasteiger charge is -1.79. The molecule has 5 heavy (non-hydrogen) atoms. The first kappa shape index (κ1) is 6.27. The molecule has 0 nitrogen and oxygen atoms in total. The predicted molar refractivity (Wildman–Crippen MR) is 38.6 cm³/mol. The fourth-order valence-electron chi connectivity index (χ4n) is 0.0680. The van der Waals surface area contributed by atoms with Crippen molar-refractivity contribution < 1.29 is 0 Å². The van der Waals surface area contributed by atoms with Gasteiger partial charge in [0.05, 0.1) is 9.39 Å². The van der Waals surface area contributed by atoms with Crippen LogP contribution in [-0.4, -0.2) is 15.6 Å². The maximum absolute atomic E-state index is 2.09. The molecule has 4 heteroatoms. The molecule has 0 rings (SSSR count). The van der Waals surface area contributed by atoms with Gasteiger partial charge in [0.2, 0.25) is 0 Å². The van der Waals surface area contributed by atoms with Crippen LogP contribution in [0.5, 0.6) is 0 Å². The topological polar surface area (TPSA) is 0 Å². The van der Waals surface area contributed by atoms with Crippen molar-refractivity contribution >= 4 is 40.3 Å². The summed E-state index contributed by atoms with van der Waals surface area (Å²) in [5.74, 6) is 0. The highest BCUT2D eigenvalue weighted by molar-refractivity contribution is 9.13. The van der Waals surface area contributed by atoms with Crippen LogP contribution in [-0.2, 0) is 0 Å². The summed E-state index contributed by atoms with van der Waals surface area (Å²) in [5, 5.41) is 0. The van der Waals surface area contributed by atoms with Crippen molar-refractivity contribution in [3.05, 3.63) is 0 Å². The van der Waals surface area contributed by atoms with E-state index in [-0.39, 0.29) is 0 Å². The monoisotopic (exact) mass is 142 g/mol. The zero-order valence-electron chi connectivity index (χ0n) is 3.22. The maximum Gasteiger partial charge on any atom is 0.0846 e. The number of rotatable bonds is 2. The van der Waals surface area contributed by atoms with E-state index in [9.17, 15) is 0 Å². The van der Waals surface area contributed by atoms with Gasteiger partial charge in [-0.05, 0) is 16.1 Å². The Hall–Kier alpha value is 1.27. The molecular formula is CH6S3Si. The van der Waals surface area contributed by atoms with Crippen LogP contribution in [0.1, 0.15) is 0 Å². The fraction of sp³-hybridized carbons (Fsp3) is 1.00. The van der Waals surface area contributed by atoms with Gasteiger partial charge < -0.3 is 0 Å². The molecule has 0 unspecified atom stereocenters. The standard InChI is InChI=1S/CH6S3Si/c1-2-3-4-5/h1,5H3. The molecule has 0 amide bonds. The first-order valence-corrected chi connectivity index (χ1v) is 7.90. The minimum Gasteiger partial charge on any atom is -0.122 e. The van der Waals surface area contributed by atoms with Crippen molar-refractivity contribution in [2.24, 2.45) is 0 Å². The Bertz CT molecular complexity index is 14.4. The first-order chi connectivity index (χ1) is 2.41. The van der Waals surface area contributed by atoms with Crippen LogP contribution in [0, 0.1) is 0 Å². The minimum absolute atomic E-state index is 1.26. The SMILES string of the molecule is CSSS[SiH3]. The molecule has 0 bridgehead atoms. The summed E-state index contributed by atoms with van der Waals surface area (Å²) in [6.45, 7) is 0. The molecule has 0 spiro atoms. The summed E-state index contributed by atoms with van der Waals surface area (Å²) in [7, 11) is 6.85. The number of hydrogen-bond donors (Lipinski definition) is 0. The third-order valence-electron chi connectivity index (χ3n) is 0.136. The molecule has 0 heterocycles. The van der Waals surface area contributed by atoms with Crippen LogP contribution in [0.15, 0.2) is 0 Å². The van der Waals surface area contributed by atoms with Crippen LogP contribution in [0.3, 0.4) is 0 Å². The summed E-state index contributed by atoms with van der Waals surface area (Å²) < 4.78 is 0. The van der Waals surface area contributed by atoms with E-state index in [2.05, 4.69) is 6.26 Å². The Kier molecular flexibility index (Phi) is 6.60. The second kappa shape index (κ2) is 5.27. The van der Waals surface area contributed by atoms with Gasteiger partial charge in [0, 0.05) is 0 Å². The maximum atomic E-state index is 2.09. The van der Waals surface area contributed by atoms with E-state index in [0.29, 0.717) is 0 Å². The van der Waals surface area contributed by atoms with E-state index < -0.39 is 0 Å². The van der Waals surface area contributed by atoms with Crippen molar-refractivity contribution in [1.82, 2.24) is 0 Å². The summed E-state index contributed by atoms with van der Waals surface area (Å²) in [4.78, 5) is 0. The average molecular weight is 142 g/mol. The highest BCUT2D eigenvalue weighted by Crippen LogP contribution is 2.27. The van der Waals surface area contributed by atoms with Gasteiger partial charge in [-0.3, -0.25) is 0 Å². The van der Waals surface area contributed by atoms with Gasteiger partial charge in [-0.15, -0.1) is 10.2 Å². The molecule has 0 aromatic carbocycles. The first-order valence-electron chi connectivity index (χ1n) is 1.15. The molecular weight excluding hydrogens is 136 g/mol. The predicted octanol–water partition coefficient (Wildman–Crippen LogP) is 0.926. The van der Waals surface area contributed by atoms with E-state index in [4.69, 9.17) is 0 Å². The van der Waals surface area contributed by atoms with Gasteiger partial charge in [-0.2, -0.15) is 0 Å². The normalized spacial score (nSPS) is 9.00. The van der Waals surface area contributed by atoms with E-state index in [1.54, 1.807) is 0 Å². The smallest absolute Gasteiger partial charge is 0.0846 e. The summed E-state index contributed by atoms with van der Waals surface area (Å²) in [6.07, 6.45) is 2.09. The van der Waals surface area contributed by atoms with E-state index in [1.807, 2.05) is 30.9 Å². The summed E-state index contributed by atoms with van der Waals surface area (Å²) in [5.41, 5.74) is 0. The fourth-order valence-corrected chi connectivity index (χ4v) is 5.51. The van der Waals surface area contributed by atoms with E-state index >= 15 is 0 Å². The molecule has 0 saturated carbocycles. The molecule has 0 aromatic heterocycles. The van der Waals surface area contributed by atoms with Gasteiger partial charge in [-0.1, -0.05) is 10.8 Å². The Balaban J connectivity index is 2.19. The molecule has 0 N–H and O–H groups in total. The van der Waals surface area contributed by atoms with Gasteiger partial charge >= 0.3 is 0 Å². The van der Waals surface area contributed by atoms with Gasteiger partial charge in [0.15, 0.2) is 0 Å². The van der Waals surface area contributed by atoms with Crippen molar-refractivity contribution in [2.75, 3.05) is 6.26 Å². The molecule has 32 valence electrons. The van der Waals surface area contributed by atoms with Crippen LogP contribution in [0.2, 0.25) is 0 Å². The lowest BCUT2D eigenvalue weighted by molar-refractivity contribution is 2.55. The zero-order chi connectivity index (χ0) is 4.12. The lowest BCUT2D eigenvalue weighted by Crippen LogP contribution is -1.33. The van der Waals surface area contributed by atoms with Crippen molar-refractivity contribution in [3.63, 3.8) is 0 Å².